The van der Waals surface area contributed by atoms with Gasteiger partial charge in [-0.3, -0.25) is 24.0 Å². The van der Waals surface area contributed by atoms with E-state index < -0.39 is 82.2 Å². The minimum absolute atomic E-state index is 0.258. The first kappa shape index (κ1) is 30.7. The van der Waals surface area contributed by atoms with Crippen molar-refractivity contribution in [3.05, 3.63) is 29.8 Å². The van der Waals surface area contributed by atoms with Crippen molar-refractivity contribution in [2.24, 2.45) is 0 Å². The summed E-state index contributed by atoms with van der Waals surface area (Å²) >= 11 is 0. The Balaban J connectivity index is 2.74. The number of hydrogen-bond donors (Lipinski definition) is 0. The number of hydrogen-bond acceptors (Lipinski definition) is 13. The highest BCUT2D eigenvalue weighted by molar-refractivity contribution is 7.93. The summed E-state index contributed by atoms with van der Waals surface area (Å²) in [6, 6.07) is 5.61. The molecule has 0 bridgehead atoms. The van der Waals surface area contributed by atoms with Crippen LogP contribution in [0.3, 0.4) is 0 Å². The third kappa shape index (κ3) is 7.28. The maximum Gasteiger partial charge on any atom is 0.303 e. The van der Waals surface area contributed by atoms with E-state index in [4.69, 9.17) is 28.4 Å². The van der Waals surface area contributed by atoms with Crippen molar-refractivity contribution < 1.29 is 60.8 Å². The lowest BCUT2D eigenvalue weighted by atomic mass is 10.0. The van der Waals surface area contributed by atoms with Crippen LogP contribution < -0.4 is 0 Å². The van der Waals surface area contributed by atoms with E-state index in [1.807, 2.05) is 0 Å². The molecule has 0 radical (unpaired) electrons. The molecule has 5 atom stereocenters. The number of carbonyl (C=O) groups is 5. The van der Waals surface area contributed by atoms with Crippen LogP contribution >= 0.6 is 0 Å². The van der Waals surface area contributed by atoms with E-state index in [1.165, 1.54) is 24.3 Å². The minimum atomic E-state index is -4.64. The standard InChI is InChI=1S/C24H30O13S/c1-13-7-9-19(10-8-13)38(30,31)24(23(37-24)21(35-17(5)28)12-33-15(3)26)22(36-18(6)29)20(34-16(4)27)11-32-14(2)25/h7-10,20-23H,11-12H2,1-6H3/t20-,21-,22+,23-,24+/m0/s1. The fourth-order valence-electron chi connectivity index (χ4n) is 3.79. The molecule has 0 aromatic heterocycles. The van der Waals surface area contributed by atoms with Crippen molar-refractivity contribution in [2.45, 2.75) is 75.8 Å². The van der Waals surface area contributed by atoms with Crippen LogP contribution in [0.4, 0.5) is 0 Å². The molecule has 0 N–H and O–H groups in total. The summed E-state index contributed by atoms with van der Waals surface area (Å²) in [6.45, 7) is 5.64. The molecule has 13 nitrogen and oxygen atoms in total. The van der Waals surface area contributed by atoms with Gasteiger partial charge in [-0.25, -0.2) is 8.42 Å². The lowest BCUT2D eigenvalue weighted by molar-refractivity contribution is -0.176. The molecule has 210 valence electrons. The molecule has 38 heavy (non-hydrogen) atoms. The molecule has 1 saturated heterocycles. The summed E-state index contributed by atoms with van der Waals surface area (Å²) in [4.78, 5) is 56.1. The van der Waals surface area contributed by atoms with Crippen LogP contribution in [-0.4, -0.2) is 80.8 Å². The van der Waals surface area contributed by atoms with Gasteiger partial charge in [-0.15, -0.1) is 0 Å². The Hall–Kier alpha value is -3.52. The molecule has 1 aliphatic rings. The quantitative estimate of drug-likeness (QED) is 0.200. The molecule has 2 rings (SSSR count). The number of esters is 5. The van der Waals surface area contributed by atoms with Crippen LogP contribution in [0.5, 0.6) is 0 Å². The van der Waals surface area contributed by atoms with E-state index in [2.05, 4.69) is 0 Å². The van der Waals surface area contributed by atoms with E-state index in [0.717, 1.165) is 40.2 Å². The number of ether oxygens (including phenoxy) is 6. The number of carbonyl (C=O) groups excluding carboxylic acids is 5. The van der Waals surface area contributed by atoms with E-state index >= 15 is 0 Å². The number of rotatable bonds is 12. The van der Waals surface area contributed by atoms with Gasteiger partial charge in [-0.05, 0) is 19.1 Å². The van der Waals surface area contributed by atoms with Gasteiger partial charge in [-0.1, -0.05) is 17.7 Å². The van der Waals surface area contributed by atoms with Gasteiger partial charge in [0.1, 0.15) is 19.3 Å². The Morgan fingerprint density at radius 2 is 1.29 bits per heavy atom. The smallest absolute Gasteiger partial charge is 0.303 e. The summed E-state index contributed by atoms with van der Waals surface area (Å²) < 4.78 is 59.6. The van der Waals surface area contributed by atoms with Crippen molar-refractivity contribution in [1.29, 1.82) is 0 Å². The average molecular weight is 559 g/mol. The molecule has 0 aliphatic carbocycles. The topological polar surface area (TPSA) is 178 Å². The lowest BCUT2D eigenvalue weighted by Gasteiger charge is -2.31. The van der Waals surface area contributed by atoms with E-state index in [9.17, 15) is 32.4 Å². The predicted octanol–water partition coefficient (Wildman–Crippen LogP) is 0.785. The highest BCUT2D eigenvalue weighted by Gasteiger charge is 2.77. The zero-order valence-corrected chi connectivity index (χ0v) is 22.6. The average Bonchev–Trinajstić information content (AvgIpc) is 3.54. The van der Waals surface area contributed by atoms with Gasteiger partial charge in [0, 0.05) is 34.6 Å². The second-order valence-corrected chi connectivity index (χ2v) is 10.6. The fourth-order valence-corrected chi connectivity index (χ4v) is 5.84. The van der Waals surface area contributed by atoms with Gasteiger partial charge < -0.3 is 28.4 Å². The zero-order chi connectivity index (χ0) is 28.8. The molecule has 1 aromatic rings. The summed E-state index contributed by atoms with van der Waals surface area (Å²) in [5, 5.41) is 0. The monoisotopic (exact) mass is 558 g/mol. The Morgan fingerprint density at radius 1 is 0.789 bits per heavy atom. The first-order chi connectivity index (χ1) is 17.6. The van der Waals surface area contributed by atoms with E-state index in [-0.39, 0.29) is 4.90 Å². The van der Waals surface area contributed by atoms with Crippen molar-refractivity contribution in [3.8, 4) is 0 Å². The van der Waals surface area contributed by atoms with Crippen LogP contribution in [0.2, 0.25) is 0 Å². The van der Waals surface area contributed by atoms with Gasteiger partial charge in [0.25, 0.3) is 0 Å². The molecule has 0 spiro atoms. The van der Waals surface area contributed by atoms with Gasteiger partial charge in [0.05, 0.1) is 4.90 Å². The predicted molar refractivity (Wildman–Crippen MR) is 126 cm³/mol. The Bertz CT molecular complexity index is 1170. The van der Waals surface area contributed by atoms with E-state index in [0.29, 0.717) is 0 Å². The molecule has 0 saturated carbocycles. The number of epoxide rings is 1. The highest BCUT2D eigenvalue weighted by atomic mass is 32.2. The number of sulfone groups is 1. The molecule has 0 unspecified atom stereocenters. The number of aryl methyl sites for hydroxylation is 1. The third-order valence-electron chi connectivity index (χ3n) is 5.30. The maximum absolute atomic E-state index is 14.1. The zero-order valence-electron chi connectivity index (χ0n) is 21.7. The van der Waals surface area contributed by atoms with Crippen LogP contribution in [0.15, 0.2) is 29.2 Å². The largest absolute Gasteiger partial charge is 0.462 e. The first-order valence-electron chi connectivity index (χ1n) is 11.4. The summed E-state index contributed by atoms with van der Waals surface area (Å²) in [6.07, 6.45) is -6.59. The molecular formula is C24H30O13S. The third-order valence-corrected chi connectivity index (χ3v) is 7.60. The fraction of sp³-hybridized carbons (Fsp3) is 0.542. The second kappa shape index (κ2) is 12.3. The number of benzene rings is 1. The van der Waals surface area contributed by atoms with Crippen molar-refractivity contribution >= 4 is 39.7 Å². The van der Waals surface area contributed by atoms with Gasteiger partial charge >= 0.3 is 29.8 Å². The lowest BCUT2D eigenvalue weighted by Crippen LogP contribution is -2.54. The first-order valence-corrected chi connectivity index (χ1v) is 12.9. The van der Waals surface area contributed by atoms with Crippen LogP contribution in [0.1, 0.15) is 40.2 Å². The van der Waals surface area contributed by atoms with Crippen molar-refractivity contribution in [1.82, 2.24) is 0 Å². The van der Waals surface area contributed by atoms with Crippen molar-refractivity contribution in [3.63, 3.8) is 0 Å². The summed E-state index contributed by atoms with van der Waals surface area (Å²) in [7, 11) is -4.64. The van der Waals surface area contributed by atoms with Gasteiger partial charge in [0.2, 0.25) is 14.8 Å². The van der Waals surface area contributed by atoms with Crippen molar-refractivity contribution in [2.75, 3.05) is 13.2 Å². The minimum Gasteiger partial charge on any atom is -0.462 e. The maximum atomic E-state index is 14.1. The van der Waals surface area contributed by atoms with Crippen LogP contribution in [0.25, 0.3) is 0 Å². The Morgan fingerprint density at radius 3 is 1.76 bits per heavy atom. The molecule has 0 amide bonds. The van der Waals surface area contributed by atoms with E-state index in [1.54, 1.807) is 6.92 Å². The highest BCUT2D eigenvalue weighted by Crippen LogP contribution is 2.52. The molecule has 1 heterocycles. The Kier molecular flexibility index (Phi) is 9.98. The van der Waals surface area contributed by atoms with Crippen LogP contribution in [0, 0.1) is 6.92 Å². The SMILES string of the molecule is CC(=O)OC[C@H](OC(C)=O)[C@@H](OC(C)=O)[C@]1(S(=O)(=O)c2ccc(C)cc2)O[C@H]1[C@H](COC(C)=O)OC(C)=O. The molecule has 1 fully saturated rings. The molecule has 14 heteroatoms. The van der Waals surface area contributed by atoms with Gasteiger partial charge in [0.15, 0.2) is 18.3 Å². The molecule has 1 aliphatic heterocycles. The Labute approximate surface area is 219 Å². The second-order valence-electron chi connectivity index (χ2n) is 8.51. The molecule has 1 aromatic carbocycles. The normalized spacial score (nSPS) is 20.7. The molecular weight excluding hydrogens is 528 g/mol. The van der Waals surface area contributed by atoms with Gasteiger partial charge in [-0.2, -0.15) is 0 Å². The summed E-state index contributed by atoms with van der Waals surface area (Å²) in [5.74, 6) is -4.28. The van der Waals surface area contributed by atoms with Crippen LogP contribution in [-0.2, 0) is 62.2 Å². The summed E-state index contributed by atoms with van der Waals surface area (Å²) in [5.41, 5.74) is 0.739.